The summed E-state index contributed by atoms with van der Waals surface area (Å²) in [4.78, 5) is 16.7. The van der Waals surface area contributed by atoms with Crippen LogP contribution in [0.5, 0.6) is 0 Å². The average Bonchev–Trinajstić information content (AvgIpc) is 2.52. The van der Waals surface area contributed by atoms with E-state index in [4.69, 9.17) is 5.26 Å². The fourth-order valence-electron chi connectivity index (χ4n) is 2.47. The highest BCUT2D eigenvalue weighted by Crippen LogP contribution is 2.13. The van der Waals surface area contributed by atoms with Crippen LogP contribution in [0, 0.1) is 17.1 Å². The van der Waals surface area contributed by atoms with Gasteiger partial charge in [0.1, 0.15) is 11.9 Å². The van der Waals surface area contributed by atoms with Gasteiger partial charge in [-0.15, -0.1) is 0 Å². The second-order valence-electron chi connectivity index (χ2n) is 4.92. The monoisotopic (exact) mass is 284 g/mol. The summed E-state index contributed by atoms with van der Waals surface area (Å²) in [5, 5.41) is 12.0. The quantitative estimate of drug-likeness (QED) is 0.891. The molecule has 0 bridgehead atoms. The fourth-order valence-corrected chi connectivity index (χ4v) is 2.47. The predicted molar refractivity (Wildman–Crippen MR) is 74.1 cm³/mol. The summed E-state index contributed by atoms with van der Waals surface area (Å²) in [5.74, 6) is -0.578. The minimum Gasteiger partial charge on any atom is -0.311 e. The highest BCUT2D eigenvalue weighted by Gasteiger charge is 2.16. The van der Waals surface area contributed by atoms with Crippen LogP contribution in [0.2, 0.25) is 0 Å². The summed E-state index contributed by atoms with van der Waals surface area (Å²) in [7, 11) is 0. The molecular weight excluding hydrogens is 271 g/mol. The lowest BCUT2D eigenvalue weighted by atomic mass is 10.1. The third kappa shape index (κ3) is 2.43. The Morgan fingerprint density at radius 3 is 3.14 bits per heavy atom. The largest absolute Gasteiger partial charge is 0.311 e. The molecule has 0 atom stereocenters. The normalized spacial score (nSPS) is 13.5. The van der Waals surface area contributed by atoms with Gasteiger partial charge in [-0.25, -0.2) is 9.37 Å². The summed E-state index contributed by atoms with van der Waals surface area (Å²) in [5.41, 5.74) is 1.60. The van der Waals surface area contributed by atoms with E-state index in [-0.39, 0.29) is 17.7 Å². The van der Waals surface area contributed by atoms with Crippen molar-refractivity contribution in [1.29, 1.82) is 5.26 Å². The molecule has 0 saturated carbocycles. The van der Waals surface area contributed by atoms with E-state index in [1.54, 1.807) is 18.2 Å². The van der Waals surface area contributed by atoms with Gasteiger partial charge in [-0.2, -0.15) is 5.26 Å². The van der Waals surface area contributed by atoms with E-state index in [9.17, 15) is 9.18 Å². The molecule has 0 saturated heterocycles. The third-order valence-electron chi connectivity index (χ3n) is 3.60. The van der Waals surface area contributed by atoms with Crippen molar-refractivity contribution >= 4 is 0 Å². The molecule has 0 fully saturated rings. The summed E-state index contributed by atoms with van der Waals surface area (Å²) in [6.07, 6.45) is 2.06. The number of halogens is 1. The van der Waals surface area contributed by atoms with Crippen molar-refractivity contribution in [3.63, 3.8) is 0 Å². The molecule has 0 spiro atoms. The molecule has 0 radical (unpaired) electrons. The van der Waals surface area contributed by atoms with Gasteiger partial charge in [0.2, 0.25) is 0 Å². The SMILES string of the molecule is N#Cc1cccc(Cn2cnc3c(c2=O)CCNC3)c1F. The molecule has 106 valence electrons. The van der Waals surface area contributed by atoms with Crippen molar-refractivity contribution in [3.8, 4) is 6.07 Å². The Morgan fingerprint density at radius 1 is 1.48 bits per heavy atom. The Kier molecular flexibility index (Phi) is 3.50. The van der Waals surface area contributed by atoms with E-state index >= 15 is 0 Å². The molecule has 1 aliphatic heterocycles. The fraction of sp³-hybridized carbons (Fsp3) is 0.267. The first-order valence-corrected chi connectivity index (χ1v) is 6.66. The lowest BCUT2D eigenvalue weighted by Crippen LogP contribution is -2.34. The van der Waals surface area contributed by atoms with E-state index in [1.807, 2.05) is 0 Å². The van der Waals surface area contributed by atoms with Gasteiger partial charge in [0.25, 0.3) is 5.56 Å². The number of hydrogen-bond acceptors (Lipinski definition) is 4. The minimum atomic E-state index is -0.578. The van der Waals surface area contributed by atoms with Crippen molar-refractivity contribution in [3.05, 3.63) is 63.1 Å². The summed E-state index contributed by atoms with van der Waals surface area (Å²) in [6, 6.07) is 6.40. The number of benzene rings is 1. The van der Waals surface area contributed by atoms with Crippen molar-refractivity contribution in [1.82, 2.24) is 14.9 Å². The van der Waals surface area contributed by atoms with Crippen molar-refractivity contribution in [2.24, 2.45) is 0 Å². The van der Waals surface area contributed by atoms with E-state index in [1.165, 1.54) is 17.0 Å². The standard InChI is InChI=1S/C15H13FN4O/c16-14-10(6-17)2-1-3-11(14)8-20-9-19-13-7-18-5-4-12(13)15(20)21/h1-3,9,18H,4-5,7-8H2. The van der Waals surface area contributed by atoms with Crippen molar-refractivity contribution < 1.29 is 4.39 Å². The van der Waals surface area contributed by atoms with Gasteiger partial charge in [0.05, 0.1) is 24.1 Å². The summed E-state index contributed by atoms with van der Waals surface area (Å²) >= 11 is 0. The van der Waals surface area contributed by atoms with E-state index in [0.717, 1.165) is 12.2 Å². The van der Waals surface area contributed by atoms with Gasteiger partial charge in [0, 0.05) is 17.7 Å². The predicted octanol–water partition coefficient (Wildman–Crippen LogP) is 0.948. The molecule has 1 aliphatic rings. The van der Waals surface area contributed by atoms with Gasteiger partial charge in [0.15, 0.2) is 0 Å². The number of hydrogen-bond donors (Lipinski definition) is 1. The molecule has 1 N–H and O–H groups in total. The molecule has 0 amide bonds. The minimum absolute atomic E-state index is 0.0179. The maximum Gasteiger partial charge on any atom is 0.257 e. The highest BCUT2D eigenvalue weighted by atomic mass is 19.1. The number of nitrogens with zero attached hydrogens (tertiary/aromatic N) is 3. The molecule has 1 aromatic carbocycles. The lowest BCUT2D eigenvalue weighted by Gasteiger charge is -2.17. The number of aromatic nitrogens is 2. The Morgan fingerprint density at radius 2 is 2.33 bits per heavy atom. The lowest BCUT2D eigenvalue weighted by molar-refractivity contribution is 0.574. The Balaban J connectivity index is 2.00. The zero-order valence-electron chi connectivity index (χ0n) is 11.3. The van der Waals surface area contributed by atoms with Gasteiger partial charge in [-0.3, -0.25) is 9.36 Å². The zero-order chi connectivity index (χ0) is 14.8. The number of fused-ring (bicyclic) bond motifs is 1. The van der Waals surface area contributed by atoms with Crippen LogP contribution in [0.15, 0.2) is 29.3 Å². The van der Waals surface area contributed by atoms with Crippen LogP contribution in [0.25, 0.3) is 0 Å². The Labute approximate surface area is 120 Å². The second kappa shape index (κ2) is 5.46. The molecule has 0 aliphatic carbocycles. The molecule has 5 nitrogen and oxygen atoms in total. The zero-order valence-corrected chi connectivity index (χ0v) is 11.3. The van der Waals surface area contributed by atoms with Crippen LogP contribution >= 0.6 is 0 Å². The first-order valence-electron chi connectivity index (χ1n) is 6.66. The number of rotatable bonds is 2. The maximum absolute atomic E-state index is 14.1. The Hall–Kier alpha value is -2.52. The molecule has 2 aromatic rings. The third-order valence-corrected chi connectivity index (χ3v) is 3.60. The molecular formula is C15H13FN4O. The molecule has 21 heavy (non-hydrogen) atoms. The topological polar surface area (TPSA) is 70.7 Å². The van der Waals surface area contributed by atoms with E-state index in [2.05, 4.69) is 10.3 Å². The van der Waals surface area contributed by atoms with Gasteiger partial charge >= 0.3 is 0 Å². The van der Waals surface area contributed by atoms with E-state index < -0.39 is 5.82 Å². The summed E-state index contributed by atoms with van der Waals surface area (Å²) < 4.78 is 15.5. The first-order chi connectivity index (χ1) is 10.2. The number of nitrogens with one attached hydrogen (secondary N) is 1. The van der Waals surface area contributed by atoms with Crippen LogP contribution < -0.4 is 10.9 Å². The van der Waals surface area contributed by atoms with Crippen LogP contribution in [-0.2, 0) is 19.5 Å². The number of nitriles is 1. The highest BCUT2D eigenvalue weighted by molar-refractivity contribution is 5.35. The van der Waals surface area contributed by atoms with Gasteiger partial charge < -0.3 is 5.32 Å². The van der Waals surface area contributed by atoms with Crippen LogP contribution in [0.1, 0.15) is 22.4 Å². The second-order valence-corrected chi connectivity index (χ2v) is 4.92. The van der Waals surface area contributed by atoms with Crippen LogP contribution in [0.4, 0.5) is 4.39 Å². The first kappa shape index (κ1) is 13.5. The average molecular weight is 284 g/mol. The van der Waals surface area contributed by atoms with Gasteiger partial charge in [-0.05, 0) is 19.0 Å². The Bertz CT molecular complexity index is 791. The smallest absolute Gasteiger partial charge is 0.257 e. The molecule has 1 aromatic heterocycles. The van der Waals surface area contributed by atoms with E-state index in [0.29, 0.717) is 24.1 Å². The molecule has 2 heterocycles. The van der Waals surface area contributed by atoms with Crippen LogP contribution in [0.3, 0.4) is 0 Å². The molecule has 0 unspecified atom stereocenters. The molecule has 3 rings (SSSR count). The summed E-state index contributed by atoms with van der Waals surface area (Å²) in [6.45, 7) is 1.41. The van der Waals surface area contributed by atoms with Gasteiger partial charge in [-0.1, -0.05) is 12.1 Å². The maximum atomic E-state index is 14.1. The van der Waals surface area contributed by atoms with Crippen LogP contribution in [-0.4, -0.2) is 16.1 Å². The molecule has 6 heteroatoms. The van der Waals surface area contributed by atoms with Crippen molar-refractivity contribution in [2.75, 3.05) is 6.54 Å². The van der Waals surface area contributed by atoms with Crippen molar-refractivity contribution in [2.45, 2.75) is 19.5 Å².